The lowest BCUT2D eigenvalue weighted by Gasteiger charge is -2.06. The number of fused-ring (bicyclic) bond motifs is 2. The number of thiophene rings is 1. The molecule has 3 heterocycles. The zero-order valence-corrected chi connectivity index (χ0v) is 15.6. The molecule has 0 aliphatic heterocycles. The van der Waals surface area contributed by atoms with Crippen molar-refractivity contribution in [3.05, 3.63) is 79.9 Å². The second kappa shape index (κ2) is 6.75. The Hall–Kier alpha value is -2.77. The van der Waals surface area contributed by atoms with Crippen molar-refractivity contribution < 1.29 is 13.9 Å². The van der Waals surface area contributed by atoms with Gasteiger partial charge in [0.2, 0.25) is 0 Å². The summed E-state index contributed by atoms with van der Waals surface area (Å²) < 4.78 is 20.6. The van der Waals surface area contributed by atoms with E-state index >= 15 is 0 Å². The van der Waals surface area contributed by atoms with Gasteiger partial charge in [-0.1, -0.05) is 17.7 Å². The fourth-order valence-electron chi connectivity index (χ4n) is 2.71. The van der Waals surface area contributed by atoms with Crippen LogP contribution in [-0.4, -0.2) is 15.4 Å². The van der Waals surface area contributed by atoms with Gasteiger partial charge in [-0.3, -0.25) is 9.20 Å². The summed E-state index contributed by atoms with van der Waals surface area (Å²) in [6.07, 6.45) is 1.69. The average Bonchev–Trinajstić information content (AvgIpc) is 2.96. The topological polar surface area (TPSA) is 60.7 Å². The Bertz CT molecular complexity index is 1270. The third-order valence-electron chi connectivity index (χ3n) is 3.99. The van der Waals surface area contributed by atoms with Crippen LogP contribution in [-0.2, 0) is 11.3 Å². The maximum atomic E-state index is 13.3. The zero-order valence-electron chi connectivity index (χ0n) is 14.0. The first kappa shape index (κ1) is 17.6. The molecule has 0 fully saturated rings. The molecule has 0 aliphatic carbocycles. The van der Waals surface area contributed by atoms with Crippen molar-refractivity contribution in [1.82, 2.24) is 9.38 Å². The SMILES string of the molecule is Cc1ccc2nc(COC(=O)c3sc4cc(F)ccc4c3Cl)cc(=O)n2c1. The molecule has 0 amide bonds. The first-order valence-corrected chi connectivity index (χ1v) is 9.15. The van der Waals surface area contributed by atoms with Crippen LogP contribution in [0.4, 0.5) is 4.39 Å². The maximum Gasteiger partial charge on any atom is 0.350 e. The molecule has 8 heteroatoms. The van der Waals surface area contributed by atoms with Crippen molar-refractivity contribution in [1.29, 1.82) is 0 Å². The lowest BCUT2D eigenvalue weighted by atomic mass is 10.2. The van der Waals surface area contributed by atoms with Crippen LogP contribution in [0.5, 0.6) is 0 Å². The zero-order chi connectivity index (χ0) is 19.1. The number of hydrogen-bond acceptors (Lipinski definition) is 5. The minimum atomic E-state index is -0.646. The predicted octanol–water partition coefficient (Wildman–Crippen LogP) is 4.37. The third kappa shape index (κ3) is 3.31. The summed E-state index contributed by atoms with van der Waals surface area (Å²) in [6, 6.07) is 9.00. The van der Waals surface area contributed by atoms with Crippen molar-refractivity contribution in [2.24, 2.45) is 0 Å². The number of benzene rings is 1. The monoisotopic (exact) mass is 402 g/mol. The molecule has 0 saturated heterocycles. The number of hydrogen-bond donors (Lipinski definition) is 0. The van der Waals surface area contributed by atoms with E-state index in [1.807, 2.05) is 13.0 Å². The van der Waals surface area contributed by atoms with Crippen LogP contribution in [0.15, 0.2) is 47.4 Å². The minimum Gasteiger partial charge on any atom is -0.455 e. The molecule has 0 spiro atoms. The Morgan fingerprint density at radius 3 is 2.93 bits per heavy atom. The van der Waals surface area contributed by atoms with Crippen molar-refractivity contribution in [3.63, 3.8) is 0 Å². The first-order valence-electron chi connectivity index (χ1n) is 7.96. The highest BCUT2D eigenvalue weighted by atomic mass is 35.5. The summed E-state index contributed by atoms with van der Waals surface area (Å²) in [4.78, 5) is 29.1. The fraction of sp³-hybridized carbons (Fsp3) is 0.105. The van der Waals surface area contributed by atoms with Crippen molar-refractivity contribution in [2.75, 3.05) is 0 Å². The fourth-order valence-corrected chi connectivity index (χ4v) is 4.13. The normalized spacial score (nSPS) is 11.2. The molecular formula is C19H12ClFN2O3S. The van der Waals surface area contributed by atoms with Gasteiger partial charge in [0.1, 0.15) is 22.9 Å². The largest absolute Gasteiger partial charge is 0.455 e. The predicted molar refractivity (Wildman–Crippen MR) is 102 cm³/mol. The van der Waals surface area contributed by atoms with E-state index < -0.39 is 11.8 Å². The van der Waals surface area contributed by atoms with E-state index in [1.165, 1.54) is 28.7 Å². The number of ether oxygens (including phenoxy) is 1. The number of carbonyl (C=O) groups excluding carboxylic acids is 1. The van der Waals surface area contributed by atoms with Crippen LogP contribution >= 0.6 is 22.9 Å². The van der Waals surface area contributed by atoms with Crippen LogP contribution in [0.1, 0.15) is 20.9 Å². The summed E-state index contributed by atoms with van der Waals surface area (Å²) >= 11 is 7.28. The van der Waals surface area contributed by atoms with E-state index in [-0.39, 0.29) is 22.1 Å². The van der Waals surface area contributed by atoms with E-state index in [9.17, 15) is 14.0 Å². The molecule has 0 atom stereocenters. The molecule has 136 valence electrons. The Morgan fingerprint density at radius 1 is 1.30 bits per heavy atom. The summed E-state index contributed by atoms with van der Waals surface area (Å²) in [6.45, 7) is 1.71. The third-order valence-corrected chi connectivity index (χ3v) is 5.63. The van der Waals surface area contributed by atoms with Gasteiger partial charge in [-0.25, -0.2) is 14.2 Å². The molecule has 3 aromatic heterocycles. The Balaban J connectivity index is 1.59. The van der Waals surface area contributed by atoms with E-state index in [0.717, 1.165) is 16.9 Å². The van der Waals surface area contributed by atoms with Crippen molar-refractivity contribution in [2.45, 2.75) is 13.5 Å². The minimum absolute atomic E-state index is 0.169. The molecule has 4 rings (SSSR count). The van der Waals surface area contributed by atoms with Gasteiger partial charge in [-0.2, -0.15) is 0 Å². The number of halogens is 2. The average molecular weight is 403 g/mol. The van der Waals surface area contributed by atoms with Gasteiger partial charge in [0.15, 0.2) is 0 Å². The van der Waals surface area contributed by atoms with Crippen LogP contribution in [0.2, 0.25) is 5.02 Å². The highest BCUT2D eigenvalue weighted by Crippen LogP contribution is 2.36. The maximum absolute atomic E-state index is 13.3. The standard InChI is InChI=1S/C19H12ClFN2O3S/c1-10-2-5-15-22-12(7-16(24)23(15)8-10)9-26-19(25)18-17(20)13-4-3-11(21)6-14(13)27-18/h2-8H,9H2,1H3. The molecule has 27 heavy (non-hydrogen) atoms. The van der Waals surface area contributed by atoms with Gasteiger partial charge < -0.3 is 4.74 Å². The second-order valence-corrected chi connectivity index (χ2v) is 7.41. The summed E-state index contributed by atoms with van der Waals surface area (Å²) in [7, 11) is 0. The van der Waals surface area contributed by atoms with E-state index in [4.69, 9.17) is 16.3 Å². The highest BCUT2D eigenvalue weighted by Gasteiger charge is 2.19. The van der Waals surface area contributed by atoms with Crippen LogP contribution in [0.25, 0.3) is 15.7 Å². The van der Waals surface area contributed by atoms with Crippen molar-refractivity contribution >= 4 is 44.6 Å². The molecule has 0 radical (unpaired) electrons. The van der Waals surface area contributed by atoms with Crippen LogP contribution in [0.3, 0.4) is 0 Å². The van der Waals surface area contributed by atoms with E-state index in [1.54, 1.807) is 12.3 Å². The van der Waals surface area contributed by atoms with E-state index in [0.29, 0.717) is 21.4 Å². The van der Waals surface area contributed by atoms with Gasteiger partial charge in [-0.05, 0) is 36.8 Å². The lowest BCUT2D eigenvalue weighted by Crippen LogP contribution is -2.16. The molecule has 1 aromatic carbocycles. The quantitative estimate of drug-likeness (QED) is 0.477. The number of nitrogens with zero attached hydrogens (tertiary/aromatic N) is 2. The van der Waals surface area contributed by atoms with Gasteiger partial charge >= 0.3 is 5.97 Å². The molecule has 0 aliphatic rings. The number of aryl methyl sites for hydroxylation is 1. The lowest BCUT2D eigenvalue weighted by molar-refractivity contribution is 0.0474. The smallest absolute Gasteiger partial charge is 0.350 e. The van der Waals surface area contributed by atoms with Gasteiger partial charge in [-0.15, -0.1) is 11.3 Å². The Morgan fingerprint density at radius 2 is 2.11 bits per heavy atom. The summed E-state index contributed by atoms with van der Waals surface area (Å²) in [5, 5.41) is 0.814. The Labute approximate surface area is 161 Å². The molecule has 0 bridgehead atoms. The summed E-state index contributed by atoms with van der Waals surface area (Å²) in [5.74, 6) is -1.05. The second-order valence-electron chi connectivity index (χ2n) is 5.98. The molecule has 0 saturated carbocycles. The number of rotatable bonds is 3. The number of esters is 1. The van der Waals surface area contributed by atoms with Gasteiger partial charge in [0.05, 0.1) is 10.7 Å². The van der Waals surface area contributed by atoms with Crippen molar-refractivity contribution in [3.8, 4) is 0 Å². The number of aromatic nitrogens is 2. The van der Waals surface area contributed by atoms with Crippen LogP contribution in [0, 0.1) is 12.7 Å². The molecule has 4 aromatic rings. The number of carbonyl (C=O) groups is 1. The van der Waals surface area contributed by atoms with Gasteiger partial charge in [0, 0.05) is 22.3 Å². The molecule has 0 N–H and O–H groups in total. The highest BCUT2D eigenvalue weighted by molar-refractivity contribution is 7.21. The molecule has 0 unspecified atom stereocenters. The first-order chi connectivity index (χ1) is 12.9. The van der Waals surface area contributed by atoms with Gasteiger partial charge in [0.25, 0.3) is 5.56 Å². The number of pyridine rings is 1. The van der Waals surface area contributed by atoms with Crippen LogP contribution < -0.4 is 5.56 Å². The van der Waals surface area contributed by atoms with E-state index in [2.05, 4.69) is 4.98 Å². The molecular weight excluding hydrogens is 391 g/mol. The summed E-state index contributed by atoms with van der Waals surface area (Å²) in [5.41, 5.74) is 1.47. The molecule has 5 nitrogen and oxygen atoms in total. The Kier molecular flexibility index (Phi) is 4.41.